The minimum Gasteiger partial charge on any atom is -0.335 e. The maximum absolute atomic E-state index is 13.9. The molecule has 2 amide bonds. The van der Waals surface area contributed by atoms with E-state index in [9.17, 15) is 18.4 Å². The highest BCUT2D eigenvalue weighted by atomic mass is 19.1. The van der Waals surface area contributed by atoms with Gasteiger partial charge in [-0.05, 0) is 43.3 Å². The summed E-state index contributed by atoms with van der Waals surface area (Å²) in [7, 11) is 1.52. The molecule has 0 saturated heterocycles. The van der Waals surface area contributed by atoms with Crippen molar-refractivity contribution in [3.05, 3.63) is 65.2 Å². The van der Waals surface area contributed by atoms with Crippen molar-refractivity contribution in [1.82, 2.24) is 4.90 Å². The summed E-state index contributed by atoms with van der Waals surface area (Å²) in [6.45, 7) is 3.35. The Balaban J connectivity index is 2.23. The van der Waals surface area contributed by atoms with Crippen molar-refractivity contribution in [3.63, 3.8) is 0 Å². The van der Waals surface area contributed by atoms with E-state index in [0.717, 1.165) is 18.2 Å². The average Bonchev–Trinajstić information content (AvgIpc) is 2.62. The molecule has 0 spiro atoms. The number of hydrogen-bond donors (Lipinski definition) is 1. The number of amides is 2. The van der Waals surface area contributed by atoms with Gasteiger partial charge < -0.3 is 10.2 Å². The van der Waals surface area contributed by atoms with Gasteiger partial charge in [0.05, 0.1) is 6.04 Å². The van der Waals surface area contributed by atoms with Gasteiger partial charge in [-0.3, -0.25) is 9.59 Å². The largest absolute Gasteiger partial charge is 0.335 e. The lowest BCUT2D eigenvalue weighted by atomic mass is 10.0. The van der Waals surface area contributed by atoms with Crippen molar-refractivity contribution in [3.8, 4) is 0 Å². The highest BCUT2D eigenvalue weighted by Gasteiger charge is 2.22. The summed E-state index contributed by atoms with van der Waals surface area (Å²) in [6, 6.07) is 9.00. The Kier molecular flexibility index (Phi) is 5.85. The molecular weight excluding hydrogens is 326 g/mol. The van der Waals surface area contributed by atoms with Gasteiger partial charge in [-0.1, -0.05) is 13.0 Å². The molecule has 0 radical (unpaired) electrons. The lowest BCUT2D eigenvalue weighted by Gasteiger charge is -2.26. The zero-order valence-electron chi connectivity index (χ0n) is 14.3. The van der Waals surface area contributed by atoms with E-state index in [4.69, 9.17) is 0 Å². The first-order valence-corrected chi connectivity index (χ1v) is 7.95. The molecule has 0 saturated carbocycles. The van der Waals surface area contributed by atoms with E-state index in [1.165, 1.54) is 11.9 Å². The first-order valence-electron chi connectivity index (χ1n) is 7.95. The van der Waals surface area contributed by atoms with Gasteiger partial charge in [-0.15, -0.1) is 0 Å². The van der Waals surface area contributed by atoms with Gasteiger partial charge in [0.15, 0.2) is 0 Å². The maximum Gasteiger partial charge on any atom is 0.254 e. The molecule has 25 heavy (non-hydrogen) atoms. The fraction of sp³-hybridized carbons (Fsp3) is 0.263. The van der Waals surface area contributed by atoms with Crippen LogP contribution >= 0.6 is 0 Å². The zero-order chi connectivity index (χ0) is 18.6. The van der Waals surface area contributed by atoms with Crippen LogP contribution in [0.4, 0.5) is 14.5 Å². The lowest BCUT2D eigenvalue weighted by molar-refractivity contribution is -0.115. The molecule has 2 aromatic carbocycles. The van der Waals surface area contributed by atoms with Crippen molar-refractivity contribution in [2.24, 2.45) is 0 Å². The number of nitrogens with zero attached hydrogens (tertiary/aromatic N) is 1. The van der Waals surface area contributed by atoms with Crippen molar-refractivity contribution in [1.29, 1.82) is 0 Å². The van der Waals surface area contributed by atoms with Crippen LogP contribution in [0, 0.1) is 11.6 Å². The summed E-state index contributed by atoms with van der Waals surface area (Å²) < 4.78 is 27.3. The summed E-state index contributed by atoms with van der Waals surface area (Å²) in [6.07, 6.45) is 0.327. The molecule has 0 bridgehead atoms. The molecule has 4 nitrogen and oxygen atoms in total. The highest BCUT2D eigenvalue weighted by molar-refractivity contribution is 5.97. The van der Waals surface area contributed by atoms with Gasteiger partial charge in [0.2, 0.25) is 5.91 Å². The Morgan fingerprint density at radius 3 is 2.56 bits per heavy atom. The first-order chi connectivity index (χ1) is 11.8. The molecular formula is C19H20F2N2O2. The Hall–Kier alpha value is -2.76. The van der Waals surface area contributed by atoms with Crippen LogP contribution in [0.25, 0.3) is 0 Å². The van der Waals surface area contributed by atoms with Crippen LogP contribution < -0.4 is 5.32 Å². The number of carbonyl (C=O) groups excluding carboxylic acids is 2. The Morgan fingerprint density at radius 2 is 1.88 bits per heavy atom. The average molecular weight is 346 g/mol. The molecule has 6 heteroatoms. The third kappa shape index (κ3) is 4.41. The maximum atomic E-state index is 13.9. The predicted octanol–water partition coefficient (Wildman–Crippen LogP) is 4.15. The summed E-state index contributed by atoms with van der Waals surface area (Å²) >= 11 is 0. The molecule has 0 heterocycles. The fourth-order valence-corrected chi connectivity index (χ4v) is 2.40. The minimum absolute atomic E-state index is 0.103. The molecule has 132 valence electrons. The number of nitrogens with one attached hydrogen (secondary N) is 1. The topological polar surface area (TPSA) is 49.4 Å². The molecule has 0 aliphatic carbocycles. The fourth-order valence-electron chi connectivity index (χ4n) is 2.40. The van der Waals surface area contributed by atoms with E-state index in [0.29, 0.717) is 17.7 Å². The van der Waals surface area contributed by atoms with Crippen LogP contribution in [0.1, 0.15) is 42.2 Å². The Morgan fingerprint density at radius 1 is 1.16 bits per heavy atom. The lowest BCUT2D eigenvalue weighted by Crippen LogP contribution is -2.30. The number of halogens is 2. The molecule has 2 rings (SSSR count). The second-order valence-corrected chi connectivity index (χ2v) is 5.74. The minimum atomic E-state index is -0.655. The van der Waals surface area contributed by atoms with Gasteiger partial charge in [0.1, 0.15) is 11.6 Å². The molecule has 0 fully saturated rings. The standard InChI is InChI=1S/C19H20F2N2O2/c1-4-18(24)22-15-7-5-6-13(10-15)19(25)23(3)12(2)16-11-14(20)8-9-17(16)21/h5-12H,4H2,1-3H3,(H,22,24). The summed E-state index contributed by atoms with van der Waals surface area (Å²) in [4.78, 5) is 25.5. The van der Waals surface area contributed by atoms with Crippen LogP contribution in [0.2, 0.25) is 0 Å². The SMILES string of the molecule is CCC(=O)Nc1cccc(C(=O)N(C)C(C)c2cc(F)ccc2F)c1. The van der Waals surface area contributed by atoms with Crippen molar-refractivity contribution < 1.29 is 18.4 Å². The first kappa shape index (κ1) is 18.6. The van der Waals surface area contributed by atoms with Crippen LogP contribution in [0.3, 0.4) is 0 Å². The third-order valence-electron chi connectivity index (χ3n) is 4.02. The summed E-state index contributed by atoms with van der Waals surface area (Å²) in [5.41, 5.74) is 0.960. The van der Waals surface area contributed by atoms with E-state index in [1.54, 1.807) is 38.1 Å². The molecule has 2 aromatic rings. The van der Waals surface area contributed by atoms with E-state index in [-0.39, 0.29) is 17.4 Å². The molecule has 1 N–H and O–H groups in total. The second kappa shape index (κ2) is 7.88. The highest BCUT2D eigenvalue weighted by Crippen LogP contribution is 2.25. The van der Waals surface area contributed by atoms with Crippen molar-refractivity contribution in [2.45, 2.75) is 26.3 Å². The normalized spacial score (nSPS) is 11.7. The van der Waals surface area contributed by atoms with Crippen LogP contribution in [-0.2, 0) is 4.79 Å². The van der Waals surface area contributed by atoms with E-state index in [1.807, 2.05) is 0 Å². The van der Waals surface area contributed by atoms with Gasteiger partial charge >= 0.3 is 0 Å². The third-order valence-corrected chi connectivity index (χ3v) is 4.02. The monoisotopic (exact) mass is 346 g/mol. The quantitative estimate of drug-likeness (QED) is 0.884. The van der Waals surface area contributed by atoms with Gasteiger partial charge in [-0.25, -0.2) is 8.78 Å². The summed E-state index contributed by atoms with van der Waals surface area (Å²) in [5, 5.41) is 2.68. The van der Waals surface area contributed by atoms with Gasteiger partial charge in [0, 0.05) is 30.3 Å². The summed E-state index contributed by atoms with van der Waals surface area (Å²) in [5.74, 6) is -1.65. The number of benzene rings is 2. The number of hydrogen-bond acceptors (Lipinski definition) is 2. The van der Waals surface area contributed by atoms with Crippen LogP contribution in [-0.4, -0.2) is 23.8 Å². The van der Waals surface area contributed by atoms with E-state index in [2.05, 4.69) is 5.32 Å². The van der Waals surface area contributed by atoms with Crippen molar-refractivity contribution in [2.75, 3.05) is 12.4 Å². The van der Waals surface area contributed by atoms with E-state index >= 15 is 0 Å². The van der Waals surface area contributed by atoms with E-state index < -0.39 is 17.7 Å². The Bertz CT molecular complexity index is 793. The van der Waals surface area contributed by atoms with Gasteiger partial charge in [0.25, 0.3) is 5.91 Å². The number of carbonyl (C=O) groups is 2. The van der Waals surface area contributed by atoms with Crippen LogP contribution in [0.5, 0.6) is 0 Å². The molecule has 1 atom stereocenters. The number of rotatable bonds is 5. The predicted molar refractivity (Wildman–Crippen MR) is 92.2 cm³/mol. The number of anilines is 1. The smallest absolute Gasteiger partial charge is 0.254 e. The van der Waals surface area contributed by atoms with Crippen molar-refractivity contribution >= 4 is 17.5 Å². The van der Waals surface area contributed by atoms with Crippen LogP contribution in [0.15, 0.2) is 42.5 Å². The van der Waals surface area contributed by atoms with Gasteiger partial charge in [-0.2, -0.15) is 0 Å². The molecule has 0 aliphatic rings. The molecule has 1 unspecified atom stereocenters. The Labute approximate surface area is 145 Å². The zero-order valence-corrected chi connectivity index (χ0v) is 14.3. The molecule has 0 aliphatic heterocycles. The molecule has 0 aromatic heterocycles. The second-order valence-electron chi connectivity index (χ2n) is 5.74.